The van der Waals surface area contributed by atoms with E-state index >= 15 is 0 Å². The van der Waals surface area contributed by atoms with Crippen molar-refractivity contribution in [1.29, 1.82) is 0 Å². The van der Waals surface area contributed by atoms with Gasteiger partial charge in [-0.1, -0.05) is 28.9 Å². The third kappa shape index (κ3) is 5.24. The molecule has 1 saturated heterocycles. The van der Waals surface area contributed by atoms with E-state index in [4.69, 9.17) is 20.9 Å². The summed E-state index contributed by atoms with van der Waals surface area (Å²) < 4.78 is 11.4. The maximum absolute atomic E-state index is 12.6. The van der Waals surface area contributed by atoms with Crippen molar-refractivity contribution in [3.05, 3.63) is 45.8 Å². The summed E-state index contributed by atoms with van der Waals surface area (Å²) >= 11 is 6.65. The van der Waals surface area contributed by atoms with Crippen molar-refractivity contribution in [1.82, 2.24) is 15.0 Å². The van der Waals surface area contributed by atoms with Crippen LogP contribution in [-0.4, -0.2) is 53.6 Å². The van der Waals surface area contributed by atoms with Crippen LogP contribution in [0.2, 0.25) is 5.02 Å². The van der Waals surface area contributed by atoms with Gasteiger partial charge in [-0.2, -0.15) is 0 Å². The molecule has 2 fully saturated rings. The Balaban J connectivity index is 1.24. The van der Waals surface area contributed by atoms with E-state index in [2.05, 4.69) is 16.1 Å². The van der Waals surface area contributed by atoms with Gasteiger partial charge in [-0.05, 0) is 70.2 Å². The van der Waals surface area contributed by atoms with Crippen LogP contribution in [-0.2, 0) is 17.8 Å². The van der Waals surface area contributed by atoms with Gasteiger partial charge >= 0.3 is 0 Å². The minimum Gasteiger partial charge on any atom is -0.489 e. The van der Waals surface area contributed by atoms with Crippen LogP contribution in [0.5, 0.6) is 5.75 Å². The quantitative estimate of drug-likeness (QED) is 0.602. The summed E-state index contributed by atoms with van der Waals surface area (Å²) in [5.41, 5.74) is 2.83. The number of hydrogen-bond acceptors (Lipinski definition) is 5. The number of carbonyl (C=O) groups excluding carboxylic acids is 1. The average Bonchev–Trinajstić information content (AvgIpc) is 3.34. The molecule has 1 aromatic carbocycles. The van der Waals surface area contributed by atoms with Gasteiger partial charge in [0.15, 0.2) is 0 Å². The maximum Gasteiger partial charge on any atom is 0.226 e. The second kappa shape index (κ2) is 9.61. The number of benzene rings is 1. The second-order valence-corrected chi connectivity index (χ2v) is 9.42. The second-order valence-electron chi connectivity index (χ2n) is 9.04. The zero-order chi connectivity index (χ0) is 22.0. The Morgan fingerprint density at radius 2 is 2.03 bits per heavy atom. The first-order valence-electron chi connectivity index (χ1n) is 11.2. The van der Waals surface area contributed by atoms with Crippen LogP contribution in [0.1, 0.15) is 48.3 Å². The largest absolute Gasteiger partial charge is 0.489 e. The number of halogens is 1. The Labute approximate surface area is 189 Å². The molecule has 31 heavy (non-hydrogen) atoms. The summed E-state index contributed by atoms with van der Waals surface area (Å²) in [4.78, 5) is 16.9. The SMILES string of the molecule is Cc1noc(C)c1CC(=O)N(C)CC1CC(Oc2cccc(CN3CCCC3)c2Cl)C1. The lowest BCUT2D eigenvalue weighted by Crippen LogP contribution is -2.42. The lowest BCUT2D eigenvalue weighted by atomic mass is 9.82. The highest BCUT2D eigenvalue weighted by Crippen LogP contribution is 2.36. The van der Waals surface area contributed by atoms with Crippen LogP contribution in [0.25, 0.3) is 0 Å². The van der Waals surface area contributed by atoms with Crippen LogP contribution in [0.15, 0.2) is 22.7 Å². The Hall–Kier alpha value is -2.05. The number of nitrogens with zero attached hydrogens (tertiary/aromatic N) is 3. The number of hydrogen-bond donors (Lipinski definition) is 0. The summed E-state index contributed by atoms with van der Waals surface area (Å²) in [5.74, 6) is 2.05. The predicted molar refractivity (Wildman–Crippen MR) is 120 cm³/mol. The first-order chi connectivity index (χ1) is 14.9. The zero-order valence-electron chi connectivity index (χ0n) is 18.7. The van der Waals surface area contributed by atoms with E-state index in [9.17, 15) is 4.79 Å². The molecule has 1 aliphatic carbocycles. The van der Waals surface area contributed by atoms with Crippen LogP contribution in [0.4, 0.5) is 0 Å². The minimum atomic E-state index is 0.0939. The Bertz CT molecular complexity index is 897. The summed E-state index contributed by atoms with van der Waals surface area (Å²) in [7, 11) is 1.87. The van der Waals surface area contributed by atoms with E-state index in [1.54, 1.807) is 0 Å². The predicted octanol–water partition coefficient (Wildman–Crippen LogP) is 4.40. The smallest absolute Gasteiger partial charge is 0.226 e. The molecule has 2 aliphatic rings. The normalized spacial score (nSPS) is 21.2. The molecule has 0 atom stereocenters. The fourth-order valence-electron chi connectivity index (χ4n) is 4.58. The fraction of sp³-hybridized carbons (Fsp3) is 0.583. The van der Waals surface area contributed by atoms with Crippen LogP contribution < -0.4 is 4.74 Å². The van der Waals surface area contributed by atoms with E-state index in [1.807, 2.05) is 37.9 Å². The van der Waals surface area contributed by atoms with Crippen molar-refractivity contribution < 1.29 is 14.1 Å². The molecular formula is C24H32ClN3O3. The van der Waals surface area contributed by atoms with Crippen molar-refractivity contribution in [2.24, 2.45) is 5.92 Å². The van der Waals surface area contributed by atoms with Crippen molar-refractivity contribution in [3.8, 4) is 5.75 Å². The van der Waals surface area contributed by atoms with Gasteiger partial charge in [0.25, 0.3) is 0 Å². The molecule has 1 aliphatic heterocycles. The average molecular weight is 446 g/mol. The van der Waals surface area contributed by atoms with E-state index in [0.29, 0.717) is 12.3 Å². The van der Waals surface area contributed by atoms with Gasteiger partial charge in [0, 0.05) is 25.7 Å². The lowest BCUT2D eigenvalue weighted by molar-refractivity contribution is -0.130. The molecule has 2 heterocycles. The highest BCUT2D eigenvalue weighted by Gasteiger charge is 2.33. The third-order valence-corrected chi connectivity index (χ3v) is 7.02. The Morgan fingerprint density at radius 3 is 2.71 bits per heavy atom. The van der Waals surface area contributed by atoms with E-state index < -0.39 is 0 Å². The van der Waals surface area contributed by atoms with E-state index in [-0.39, 0.29) is 12.0 Å². The molecule has 0 bridgehead atoms. The molecule has 0 spiro atoms. The lowest BCUT2D eigenvalue weighted by Gasteiger charge is -2.37. The van der Waals surface area contributed by atoms with Gasteiger partial charge in [-0.15, -0.1) is 0 Å². The number of aryl methyl sites for hydroxylation is 2. The number of likely N-dealkylation sites (tertiary alicyclic amines) is 1. The highest BCUT2D eigenvalue weighted by atomic mass is 35.5. The molecule has 6 nitrogen and oxygen atoms in total. The first-order valence-corrected chi connectivity index (χ1v) is 11.6. The van der Waals surface area contributed by atoms with Gasteiger partial charge in [0.05, 0.1) is 23.2 Å². The highest BCUT2D eigenvalue weighted by molar-refractivity contribution is 6.32. The summed E-state index contributed by atoms with van der Waals surface area (Å²) in [6.45, 7) is 7.65. The standard InChI is InChI=1S/C24H32ClN3O3/c1-16-21(17(2)31-26-16)13-23(29)27(3)14-18-11-20(12-18)30-22-8-6-7-19(24(22)25)15-28-9-4-5-10-28/h6-8,18,20H,4-5,9-15H2,1-3H3. The molecule has 0 radical (unpaired) electrons. The zero-order valence-corrected chi connectivity index (χ0v) is 19.5. The molecule has 7 heteroatoms. The monoisotopic (exact) mass is 445 g/mol. The van der Waals surface area contributed by atoms with Gasteiger partial charge < -0.3 is 14.2 Å². The van der Waals surface area contributed by atoms with Gasteiger partial charge in [-0.3, -0.25) is 9.69 Å². The molecule has 0 N–H and O–H groups in total. The van der Waals surface area contributed by atoms with Crippen LogP contribution in [0, 0.1) is 19.8 Å². The van der Waals surface area contributed by atoms with Crippen molar-refractivity contribution in [3.63, 3.8) is 0 Å². The first kappa shape index (κ1) is 22.2. The molecule has 1 saturated carbocycles. The molecule has 4 rings (SSSR count). The number of rotatable bonds is 8. The topological polar surface area (TPSA) is 58.8 Å². The molecule has 168 valence electrons. The minimum absolute atomic E-state index is 0.0939. The van der Waals surface area contributed by atoms with E-state index in [1.165, 1.54) is 12.8 Å². The van der Waals surface area contributed by atoms with E-state index in [0.717, 1.165) is 72.4 Å². The molecule has 1 amide bonds. The molecular weight excluding hydrogens is 414 g/mol. The fourth-order valence-corrected chi connectivity index (χ4v) is 4.81. The number of ether oxygens (including phenoxy) is 1. The van der Waals surface area contributed by atoms with Crippen LogP contribution >= 0.6 is 11.6 Å². The molecule has 1 aromatic heterocycles. The van der Waals surface area contributed by atoms with Crippen LogP contribution in [0.3, 0.4) is 0 Å². The Morgan fingerprint density at radius 1 is 1.29 bits per heavy atom. The number of amides is 1. The Kier molecular flexibility index (Phi) is 6.87. The summed E-state index contributed by atoms with van der Waals surface area (Å²) in [6.07, 6.45) is 4.92. The molecule has 0 unspecified atom stereocenters. The number of aromatic nitrogens is 1. The van der Waals surface area contributed by atoms with Crippen molar-refractivity contribution >= 4 is 17.5 Å². The third-order valence-electron chi connectivity index (χ3n) is 6.59. The molecule has 2 aromatic rings. The number of likely N-dealkylation sites (N-methyl/N-ethyl adjacent to an activating group) is 1. The summed E-state index contributed by atoms with van der Waals surface area (Å²) in [5, 5.41) is 4.67. The maximum atomic E-state index is 12.6. The van der Waals surface area contributed by atoms with Crippen molar-refractivity contribution in [2.45, 2.75) is 58.6 Å². The van der Waals surface area contributed by atoms with Gasteiger partial charge in [0.2, 0.25) is 5.91 Å². The van der Waals surface area contributed by atoms with Gasteiger partial charge in [-0.25, -0.2) is 0 Å². The summed E-state index contributed by atoms with van der Waals surface area (Å²) in [6, 6.07) is 6.09. The van der Waals surface area contributed by atoms with Gasteiger partial charge in [0.1, 0.15) is 11.5 Å². The van der Waals surface area contributed by atoms with Crippen molar-refractivity contribution in [2.75, 3.05) is 26.7 Å². The number of carbonyl (C=O) groups is 1.